The summed E-state index contributed by atoms with van der Waals surface area (Å²) in [5, 5.41) is 2.11. The van der Waals surface area contributed by atoms with E-state index in [0.717, 1.165) is 13.2 Å². The number of hydrogen-bond acceptors (Lipinski definition) is 4. The van der Waals surface area contributed by atoms with Crippen LogP contribution in [0.1, 0.15) is 24.8 Å². The number of halogens is 1. The highest BCUT2D eigenvalue weighted by Crippen LogP contribution is 2.34. The summed E-state index contributed by atoms with van der Waals surface area (Å²) in [6.07, 6.45) is 0.291. The Balaban J connectivity index is 2.20. The number of thiophene rings is 1. The molecule has 0 radical (unpaired) electrons. The van der Waals surface area contributed by atoms with Crippen LogP contribution in [-0.2, 0) is 4.74 Å². The van der Waals surface area contributed by atoms with E-state index in [2.05, 4.69) is 46.1 Å². The van der Waals surface area contributed by atoms with Gasteiger partial charge in [0.1, 0.15) is 0 Å². The number of ether oxygens (including phenoxy) is 1. The van der Waals surface area contributed by atoms with Crippen molar-refractivity contribution < 1.29 is 4.74 Å². The van der Waals surface area contributed by atoms with Crippen molar-refractivity contribution >= 4 is 27.3 Å². The SMILES string of the molecule is CC1CN(C(CN)c2sccc2Br)C(C)CO1. The van der Waals surface area contributed by atoms with Gasteiger partial charge in [-0.2, -0.15) is 0 Å². The Kier molecular flexibility index (Phi) is 4.60. The zero-order valence-electron chi connectivity index (χ0n) is 10.2. The Morgan fingerprint density at radius 3 is 3.00 bits per heavy atom. The van der Waals surface area contributed by atoms with Crippen LogP contribution in [0.25, 0.3) is 0 Å². The Morgan fingerprint density at radius 2 is 2.41 bits per heavy atom. The van der Waals surface area contributed by atoms with Crippen LogP contribution in [0.4, 0.5) is 0 Å². The van der Waals surface area contributed by atoms with Crippen molar-refractivity contribution in [1.82, 2.24) is 4.90 Å². The van der Waals surface area contributed by atoms with E-state index in [9.17, 15) is 0 Å². The minimum atomic E-state index is 0.291. The molecule has 96 valence electrons. The maximum absolute atomic E-state index is 5.97. The van der Waals surface area contributed by atoms with E-state index >= 15 is 0 Å². The molecule has 1 saturated heterocycles. The molecule has 0 aromatic carbocycles. The summed E-state index contributed by atoms with van der Waals surface area (Å²) in [7, 11) is 0. The van der Waals surface area contributed by atoms with Gasteiger partial charge in [-0.05, 0) is 41.2 Å². The lowest BCUT2D eigenvalue weighted by Crippen LogP contribution is -2.50. The van der Waals surface area contributed by atoms with Crippen molar-refractivity contribution in [2.45, 2.75) is 32.0 Å². The minimum Gasteiger partial charge on any atom is -0.376 e. The van der Waals surface area contributed by atoms with E-state index < -0.39 is 0 Å². The molecule has 0 bridgehead atoms. The molecule has 3 nitrogen and oxygen atoms in total. The van der Waals surface area contributed by atoms with Crippen LogP contribution in [-0.4, -0.2) is 36.7 Å². The summed E-state index contributed by atoms with van der Waals surface area (Å²) in [6.45, 7) is 6.72. The number of nitrogens with two attached hydrogens (primary N) is 1. The quantitative estimate of drug-likeness (QED) is 0.931. The van der Waals surface area contributed by atoms with Crippen LogP contribution < -0.4 is 5.73 Å². The molecular weight excluding hydrogens is 300 g/mol. The second-order valence-electron chi connectivity index (χ2n) is 4.57. The molecule has 2 heterocycles. The second-order valence-corrected chi connectivity index (χ2v) is 6.38. The molecule has 0 aliphatic carbocycles. The highest BCUT2D eigenvalue weighted by Gasteiger charge is 2.31. The first-order valence-corrected chi connectivity index (χ1v) is 7.61. The van der Waals surface area contributed by atoms with Gasteiger partial charge in [-0.3, -0.25) is 4.90 Å². The van der Waals surface area contributed by atoms with E-state index in [1.807, 2.05) is 0 Å². The number of nitrogens with zero attached hydrogens (tertiary/aromatic N) is 1. The van der Waals surface area contributed by atoms with Gasteiger partial charge in [0.15, 0.2) is 0 Å². The van der Waals surface area contributed by atoms with Gasteiger partial charge in [0, 0.05) is 28.5 Å². The van der Waals surface area contributed by atoms with Gasteiger partial charge in [0.2, 0.25) is 0 Å². The van der Waals surface area contributed by atoms with Crippen molar-refractivity contribution in [2.24, 2.45) is 5.73 Å². The predicted octanol–water partition coefficient (Wildman–Crippen LogP) is 2.62. The van der Waals surface area contributed by atoms with E-state index in [1.165, 1.54) is 9.35 Å². The standard InChI is InChI=1S/C12H19BrN2OS/c1-8-7-16-9(2)6-15(8)11(5-14)12-10(13)3-4-17-12/h3-4,8-9,11H,5-7,14H2,1-2H3. The van der Waals surface area contributed by atoms with Crippen molar-refractivity contribution in [3.63, 3.8) is 0 Å². The smallest absolute Gasteiger partial charge is 0.0675 e. The van der Waals surface area contributed by atoms with Gasteiger partial charge in [0.05, 0.1) is 18.8 Å². The lowest BCUT2D eigenvalue weighted by atomic mass is 10.1. The van der Waals surface area contributed by atoms with Gasteiger partial charge in [0.25, 0.3) is 0 Å². The Hall–Kier alpha value is 0.0600. The van der Waals surface area contributed by atoms with Crippen LogP contribution in [0.15, 0.2) is 15.9 Å². The van der Waals surface area contributed by atoms with Crippen molar-refractivity contribution in [1.29, 1.82) is 0 Å². The molecule has 0 saturated carbocycles. The van der Waals surface area contributed by atoms with Crippen LogP contribution >= 0.6 is 27.3 Å². The van der Waals surface area contributed by atoms with Crippen molar-refractivity contribution in [3.8, 4) is 0 Å². The van der Waals surface area contributed by atoms with Crippen LogP contribution in [0.3, 0.4) is 0 Å². The number of morpholine rings is 1. The van der Waals surface area contributed by atoms with Crippen molar-refractivity contribution in [3.05, 3.63) is 20.8 Å². The van der Waals surface area contributed by atoms with Gasteiger partial charge in [-0.25, -0.2) is 0 Å². The normalized spacial score (nSPS) is 28.2. The molecule has 5 heteroatoms. The largest absolute Gasteiger partial charge is 0.376 e. The maximum atomic E-state index is 5.97. The molecular formula is C12H19BrN2OS. The monoisotopic (exact) mass is 318 g/mol. The average molecular weight is 319 g/mol. The molecule has 1 fully saturated rings. The Labute approximate surface area is 115 Å². The number of hydrogen-bond donors (Lipinski definition) is 1. The molecule has 1 aliphatic heterocycles. The predicted molar refractivity (Wildman–Crippen MR) is 75.4 cm³/mol. The third-order valence-electron chi connectivity index (χ3n) is 3.23. The van der Waals surface area contributed by atoms with Crippen LogP contribution in [0.5, 0.6) is 0 Å². The highest BCUT2D eigenvalue weighted by atomic mass is 79.9. The van der Waals surface area contributed by atoms with Gasteiger partial charge in [-0.15, -0.1) is 11.3 Å². The van der Waals surface area contributed by atoms with E-state index in [0.29, 0.717) is 24.7 Å². The molecule has 0 spiro atoms. The van der Waals surface area contributed by atoms with Crippen LogP contribution in [0.2, 0.25) is 0 Å². The first-order chi connectivity index (χ1) is 8.13. The van der Waals surface area contributed by atoms with E-state index in [1.54, 1.807) is 11.3 Å². The van der Waals surface area contributed by atoms with Gasteiger partial charge in [-0.1, -0.05) is 0 Å². The zero-order valence-corrected chi connectivity index (χ0v) is 12.6. The summed E-state index contributed by atoms with van der Waals surface area (Å²) in [4.78, 5) is 3.79. The summed E-state index contributed by atoms with van der Waals surface area (Å²) in [6, 6.07) is 2.82. The lowest BCUT2D eigenvalue weighted by molar-refractivity contribution is -0.0649. The van der Waals surface area contributed by atoms with Gasteiger partial charge < -0.3 is 10.5 Å². The molecule has 1 aromatic rings. The Bertz CT molecular complexity index is 371. The van der Waals surface area contributed by atoms with Crippen LogP contribution in [0, 0.1) is 0 Å². The first kappa shape index (κ1) is 13.5. The molecule has 1 aliphatic rings. The number of rotatable bonds is 3. The van der Waals surface area contributed by atoms with Gasteiger partial charge >= 0.3 is 0 Å². The first-order valence-electron chi connectivity index (χ1n) is 5.93. The molecule has 2 rings (SSSR count). The fourth-order valence-corrected chi connectivity index (χ4v) is 4.07. The molecule has 0 amide bonds. The van der Waals surface area contributed by atoms with E-state index in [4.69, 9.17) is 10.5 Å². The third-order valence-corrected chi connectivity index (χ3v) is 5.20. The molecule has 1 aromatic heterocycles. The minimum absolute atomic E-state index is 0.291. The zero-order chi connectivity index (χ0) is 12.4. The summed E-state index contributed by atoms with van der Waals surface area (Å²) in [5.41, 5.74) is 5.97. The van der Waals surface area contributed by atoms with Crippen molar-refractivity contribution in [2.75, 3.05) is 19.7 Å². The molecule has 3 unspecified atom stereocenters. The second kappa shape index (κ2) is 5.80. The average Bonchev–Trinajstić information content (AvgIpc) is 2.71. The summed E-state index contributed by atoms with van der Waals surface area (Å²) >= 11 is 5.38. The lowest BCUT2D eigenvalue weighted by Gasteiger charge is -2.41. The summed E-state index contributed by atoms with van der Waals surface area (Å²) in [5.74, 6) is 0. The molecule has 17 heavy (non-hydrogen) atoms. The third kappa shape index (κ3) is 2.90. The fourth-order valence-electron chi connectivity index (χ4n) is 2.30. The topological polar surface area (TPSA) is 38.5 Å². The van der Waals surface area contributed by atoms with E-state index in [-0.39, 0.29) is 0 Å². The molecule has 2 N–H and O–H groups in total. The maximum Gasteiger partial charge on any atom is 0.0675 e. The Morgan fingerprint density at radius 1 is 1.65 bits per heavy atom. The summed E-state index contributed by atoms with van der Waals surface area (Å²) < 4.78 is 6.84. The molecule has 3 atom stereocenters. The fraction of sp³-hybridized carbons (Fsp3) is 0.667. The highest BCUT2D eigenvalue weighted by molar-refractivity contribution is 9.10.